The molecule has 192 valence electrons. The lowest BCUT2D eigenvalue weighted by Crippen LogP contribution is -2.42. The summed E-state index contributed by atoms with van der Waals surface area (Å²) in [5.41, 5.74) is 0.0298. The fraction of sp³-hybridized carbons (Fsp3) is 0.760. The van der Waals surface area contributed by atoms with Gasteiger partial charge in [0, 0.05) is 45.6 Å². The van der Waals surface area contributed by atoms with E-state index in [1.54, 1.807) is 11.7 Å². The van der Waals surface area contributed by atoms with Gasteiger partial charge in [0.2, 0.25) is 5.91 Å². The minimum absolute atomic E-state index is 0.0650. The Bertz CT molecular complexity index is 1020. The molecular weight excluding hydrogens is 434 g/mol. The molecule has 0 saturated heterocycles. The molecule has 9 nitrogen and oxygen atoms in total. The lowest BCUT2D eigenvalue weighted by Gasteiger charge is -2.30. The highest BCUT2D eigenvalue weighted by Crippen LogP contribution is 2.17. The minimum atomic E-state index is -0.425. The van der Waals surface area contributed by atoms with Crippen molar-refractivity contribution < 1.29 is 9.53 Å². The van der Waals surface area contributed by atoms with Crippen LogP contribution in [0.25, 0.3) is 11.2 Å². The Morgan fingerprint density at radius 1 is 1.03 bits per heavy atom. The summed E-state index contributed by atoms with van der Waals surface area (Å²) >= 11 is 0. The Hall–Kier alpha value is -2.42. The predicted molar refractivity (Wildman–Crippen MR) is 135 cm³/mol. The maximum Gasteiger partial charge on any atom is 0.330 e. The van der Waals surface area contributed by atoms with Gasteiger partial charge in [0.15, 0.2) is 11.2 Å². The molecule has 0 fully saturated rings. The van der Waals surface area contributed by atoms with Gasteiger partial charge in [0.05, 0.1) is 6.61 Å². The van der Waals surface area contributed by atoms with Crippen molar-refractivity contribution in [3.05, 3.63) is 26.7 Å². The topological polar surface area (TPSA) is 102 Å². The second-order valence-corrected chi connectivity index (χ2v) is 8.87. The molecule has 0 spiro atoms. The number of carbonyl (C=O) groups is 1. The Kier molecular flexibility index (Phi) is 11.5. The zero-order chi connectivity index (χ0) is 25.1. The summed E-state index contributed by atoms with van der Waals surface area (Å²) in [6.07, 6.45) is 7.25. The number of imidazole rings is 1. The molecule has 0 bridgehead atoms. The van der Waals surface area contributed by atoms with Crippen molar-refractivity contribution in [1.29, 1.82) is 0 Å². The number of unbranched alkanes of at least 4 members (excludes halogenated alkanes) is 3. The van der Waals surface area contributed by atoms with E-state index in [0.717, 1.165) is 44.9 Å². The zero-order valence-corrected chi connectivity index (χ0v) is 21.7. The number of hydrogen-bond acceptors (Lipinski definition) is 5. The average molecular weight is 478 g/mol. The van der Waals surface area contributed by atoms with E-state index in [4.69, 9.17) is 9.72 Å². The van der Waals surface area contributed by atoms with Crippen molar-refractivity contribution in [2.45, 2.75) is 105 Å². The third-order valence-corrected chi connectivity index (χ3v) is 6.49. The van der Waals surface area contributed by atoms with Crippen molar-refractivity contribution in [3.8, 4) is 0 Å². The number of amides is 1. The molecule has 1 amide bonds. The Morgan fingerprint density at radius 2 is 1.71 bits per heavy atom. The van der Waals surface area contributed by atoms with Crippen LogP contribution in [0.1, 0.15) is 84.9 Å². The molecule has 2 rings (SSSR count). The molecule has 0 saturated carbocycles. The van der Waals surface area contributed by atoms with Gasteiger partial charge in [-0.15, -0.1) is 0 Å². The molecule has 1 N–H and O–H groups in total. The summed E-state index contributed by atoms with van der Waals surface area (Å²) in [5, 5.41) is 0. The van der Waals surface area contributed by atoms with E-state index in [1.807, 2.05) is 9.47 Å². The molecule has 0 radical (unpaired) electrons. The summed E-state index contributed by atoms with van der Waals surface area (Å²) in [6.45, 7) is 10.6. The lowest BCUT2D eigenvalue weighted by molar-refractivity contribution is -0.134. The van der Waals surface area contributed by atoms with Crippen LogP contribution in [0.15, 0.2) is 9.59 Å². The molecule has 0 atom stereocenters. The van der Waals surface area contributed by atoms with Crippen LogP contribution >= 0.6 is 0 Å². The zero-order valence-electron chi connectivity index (χ0n) is 21.7. The summed E-state index contributed by atoms with van der Waals surface area (Å²) in [4.78, 5) is 47.7. The largest absolute Gasteiger partial charge is 0.383 e. The van der Waals surface area contributed by atoms with Crippen molar-refractivity contribution in [2.24, 2.45) is 0 Å². The highest BCUT2D eigenvalue weighted by atomic mass is 16.5. The van der Waals surface area contributed by atoms with Gasteiger partial charge in [-0.2, -0.15) is 0 Å². The molecule has 0 aliphatic rings. The maximum atomic E-state index is 13.2. The second kappa shape index (κ2) is 14.1. The Morgan fingerprint density at radius 3 is 2.32 bits per heavy atom. The van der Waals surface area contributed by atoms with Crippen molar-refractivity contribution in [2.75, 3.05) is 20.3 Å². The number of aromatic amines is 1. The number of H-pyrrole nitrogens is 1. The van der Waals surface area contributed by atoms with Crippen LogP contribution in [0.2, 0.25) is 0 Å². The second-order valence-electron chi connectivity index (χ2n) is 8.87. The van der Waals surface area contributed by atoms with Crippen LogP contribution in [0.5, 0.6) is 0 Å². The average Bonchev–Trinajstić information content (AvgIpc) is 3.19. The molecule has 34 heavy (non-hydrogen) atoms. The molecule has 9 heteroatoms. The number of nitrogens with one attached hydrogen (secondary N) is 1. The normalized spacial score (nSPS) is 11.6. The van der Waals surface area contributed by atoms with E-state index in [9.17, 15) is 14.4 Å². The number of fused-ring (bicyclic) bond motifs is 1. The first-order valence-corrected chi connectivity index (χ1v) is 12.9. The molecule has 2 heterocycles. The number of aromatic nitrogens is 4. The quantitative estimate of drug-likeness (QED) is 0.373. The van der Waals surface area contributed by atoms with Crippen LogP contribution < -0.4 is 11.2 Å². The SMILES string of the molecule is CCCCCn1c(CCC(=O)N(CCOC)C(CC)CC)nc2c1c(=O)[nH]c(=O)n2CCCC. The molecule has 2 aromatic heterocycles. The fourth-order valence-corrected chi connectivity index (χ4v) is 4.49. The number of methoxy groups -OCH3 is 1. The molecule has 0 aliphatic carbocycles. The third kappa shape index (κ3) is 6.81. The minimum Gasteiger partial charge on any atom is -0.383 e. The number of nitrogens with zero attached hydrogens (tertiary/aromatic N) is 4. The highest BCUT2D eigenvalue weighted by Gasteiger charge is 2.23. The first-order valence-electron chi connectivity index (χ1n) is 12.9. The third-order valence-electron chi connectivity index (χ3n) is 6.49. The summed E-state index contributed by atoms with van der Waals surface area (Å²) in [7, 11) is 1.64. The van der Waals surface area contributed by atoms with E-state index < -0.39 is 11.2 Å². The van der Waals surface area contributed by atoms with Crippen LogP contribution in [0.4, 0.5) is 0 Å². The molecule has 0 aromatic carbocycles. The summed E-state index contributed by atoms with van der Waals surface area (Å²) in [5.74, 6) is 0.757. The van der Waals surface area contributed by atoms with E-state index in [1.165, 1.54) is 0 Å². The lowest BCUT2D eigenvalue weighted by atomic mass is 10.1. The molecular formula is C25H43N5O4. The van der Waals surface area contributed by atoms with Gasteiger partial charge in [0.1, 0.15) is 5.82 Å². The number of ether oxygens (including phenoxy) is 1. The molecule has 0 aliphatic heterocycles. The highest BCUT2D eigenvalue weighted by molar-refractivity contribution is 5.77. The van der Waals surface area contributed by atoms with Crippen LogP contribution in [-0.2, 0) is 29.0 Å². The first-order chi connectivity index (χ1) is 16.4. The monoisotopic (exact) mass is 477 g/mol. The van der Waals surface area contributed by atoms with Gasteiger partial charge < -0.3 is 14.2 Å². The van der Waals surface area contributed by atoms with Gasteiger partial charge in [-0.05, 0) is 25.7 Å². The molecule has 0 unspecified atom stereocenters. The van der Waals surface area contributed by atoms with Gasteiger partial charge in [-0.1, -0.05) is 47.0 Å². The predicted octanol–water partition coefficient (Wildman–Crippen LogP) is 3.47. The van der Waals surface area contributed by atoms with Gasteiger partial charge in [-0.25, -0.2) is 9.78 Å². The van der Waals surface area contributed by atoms with Crippen molar-refractivity contribution >= 4 is 17.1 Å². The summed E-state index contributed by atoms with van der Waals surface area (Å²) < 4.78 is 8.72. The van der Waals surface area contributed by atoms with E-state index in [0.29, 0.717) is 56.1 Å². The number of aryl methyl sites for hydroxylation is 3. The van der Waals surface area contributed by atoms with Gasteiger partial charge in [0.25, 0.3) is 5.56 Å². The maximum absolute atomic E-state index is 13.2. The van der Waals surface area contributed by atoms with Crippen LogP contribution in [0, 0.1) is 0 Å². The van der Waals surface area contributed by atoms with Crippen LogP contribution in [-0.4, -0.2) is 56.2 Å². The van der Waals surface area contributed by atoms with E-state index in [2.05, 4.69) is 32.7 Å². The van der Waals surface area contributed by atoms with E-state index >= 15 is 0 Å². The van der Waals surface area contributed by atoms with Gasteiger partial charge in [-0.3, -0.25) is 19.1 Å². The van der Waals surface area contributed by atoms with Crippen molar-refractivity contribution in [1.82, 2.24) is 24.0 Å². The smallest absolute Gasteiger partial charge is 0.330 e. The van der Waals surface area contributed by atoms with Crippen molar-refractivity contribution in [3.63, 3.8) is 0 Å². The van der Waals surface area contributed by atoms with E-state index in [-0.39, 0.29) is 11.9 Å². The van der Waals surface area contributed by atoms with Crippen LogP contribution in [0.3, 0.4) is 0 Å². The Labute approximate surface area is 202 Å². The molecule has 2 aromatic rings. The number of rotatable bonds is 16. The Balaban J connectivity index is 2.42. The first kappa shape index (κ1) is 27.8. The fourth-order valence-electron chi connectivity index (χ4n) is 4.49. The summed E-state index contributed by atoms with van der Waals surface area (Å²) in [6, 6.07) is 0.174. The number of carbonyl (C=O) groups excluding carboxylic acids is 1. The van der Waals surface area contributed by atoms with Gasteiger partial charge >= 0.3 is 5.69 Å². The standard InChI is InChI=1S/C25H43N5O4/c1-6-10-12-16-29-20(13-14-21(31)28(17-18-34-5)19(8-3)9-4)26-23-22(29)24(32)27-25(33)30(23)15-11-7-2/h19H,6-18H2,1-5H3,(H,27,32,33). The number of hydrogen-bond donors (Lipinski definition) is 1.